The summed E-state index contributed by atoms with van der Waals surface area (Å²) in [4.78, 5) is 23.2. The van der Waals surface area contributed by atoms with Crippen molar-refractivity contribution in [3.8, 4) is 5.75 Å². The third-order valence-corrected chi connectivity index (χ3v) is 2.42. The van der Waals surface area contributed by atoms with Crippen molar-refractivity contribution in [1.29, 1.82) is 0 Å². The molecule has 4 nitrogen and oxygen atoms in total. The largest absolute Gasteiger partial charge is 0.508 e. The fraction of sp³-hybridized carbons (Fsp3) is 0.385. The molecule has 0 aromatic heterocycles. The number of rotatable bonds is 4. The highest BCUT2D eigenvalue weighted by Crippen LogP contribution is 2.28. The van der Waals surface area contributed by atoms with Gasteiger partial charge in [0.1, 0.15) is 17.5 Å². The number of phenols is 1. The Morgan fingerprint density at radius 2 is 2.06 bits per heavy atom. The standard InChI is InChI=1S/C13H16O4/c1-4-17-13(16)12(9(3)14)10-7-8(2)5-6-11(10)15/h5-7,12,15H,4H2,1-3H3. The molecule has 1 rings (SSSR count). The van der Waals surface area contributed by atoms with Crippen LogP contribution < -0.4 is 0 Å². The summed E-state index contributed by atoms with van der Waals surface area (Å²) in [5.74, 6) is -2.08. The lowest BCUT2D eigenvalue weighted by Crippen LogP contribution is -2.22. The number of ketones is 1. The minimum Gasteiger partial charge on any atom is -0.508 e. The number of esters is 1. The van der Waals surface area contributed by atoms with Crippen LogP contribution in [0.25, 0.3) is 0 Å². The number of Topliss-reactive ketones (excluding diaryl/α,β-unsaturated/α-hetero) is 1. The van der Waals surface area contributed by atoms with E-state index < -0.39 is 11.9 Å². The first-order valence-electron chi connectivity index (χ1n) is 5.44. The molecule has 0 aliphatic carbocycles. The zero-order valence-electron chi connectivity index (χ0n) is 10.2. The Morgan fingerprint density at radius 1 is 1.41 bits per heavy atom. The van der Waals surface area contributed by atoms with Crippen LogP contribution in [-0.4, -0.2) is 23.5 Å². The Morgan fingerprint density at radius 3 is 2.59 bits per heavy atom. The number of phenolic OH excluding ortho intramolecular Hbond substituents is 1. The van der Waals surface area contributed by atoms with E-state index in [9.17, 15) is 14.7 Å². The smallest absolute Gasteiger partial charge is 0.321 e. The van der Waals surface area contributed by atoms with Gasteiger partial charge in [-0.3, -0.25) is 9.59 Å². The first-order chi connectivity index (χ1) is 7.97. The van der Waals surface area contributed by atoms with E-state index in [4.69, 9.17) is 4.74 Å². The molecule has 1 aromatic carbocycles. The van der Waals surface area contributed by atoms with E-state index in [1.54, 1.807) is 19.1 Å². The van der Waals surface area contributed by atoms with Crippen LogP contribution in [0.1, 0.15) is 30.9 Å². The molecule has 0 aliphatic rings. The van der Waals surface area contributed by atoms with Gasteiger partial charge in [0, 0.05) is 5.56 Å². The first kappa shape index (κ1) is 13.2. The fourth-order valence-electron chi connectivity index (χ4n) is 1.64. The molecule has 1 unspecified atom stereocenters. The Bertz CT molecular complexity index is 437. The van der Waals surface area contributed by atoms with Gasteiger partial charge in [-0.05, 0) is 26.8 Å². The van der Waals surface area contributed by atoms with Crippen LogP contribution in [0.2, 0.25) is 0 Å². The highest BCUT2D eigenvalue weighted by atomic mass is 16.5. The zero-order chi connectivity index (χ0) is 13.0. The summed E-state index contributed by atoms with van der Waals surface area (Å²) in [6.07, 6.45) is 0. The summed E-state index contributed by atoms with van der Waals surface area (Å²) in [5, 5.41) is 9.71. The Hall–Kier alpha value is -1.84. The van der Waals surface area contributed by atoms with Gasteiger partial charge in [0.05, 0.1) is 6.61 Å². The van der Waals surface area contributed by atoms with Gasteiger partial charge in [0.25, 0.3) is 0 Å². The lowest BCUT2D eigenvalue weighted by atomic mass is 9.93. The SMILES string of the molecule is CCOC(=O)C(C(C)=O)c1cc(C)ccc1O. The third-order valence-electron chi connectivity index (χ3n) is 2.42. The number of benzene rings is 1. The maximum atomic E-state index is 11.7. The molecule has 0 heterocycles. The van der Waals surface area contributed by atoms with Crippen molar-refractivity contribution in [2.24, 2.45) is 0 Å². The van der Waals surface area contributed by atoms with Crippen molar-refractivity contribution in [1.82, 2.24) is 0 Å². The second-order valence-corrected chi connectivity index (χ2v) is 3.86. The molecule has 0 bridgehead atoms. The van der Waals surface area contributed by atoms with Crippen molar-refractivity contribution in [3.63, 3.8) is 0 Å². The molecule has 1 N–H and O–H groups in total. The van der Waals surface area contributed by atoms with Gasteiger partial charge in [-0.25, -0.2) is 0 Å². The van der Waals surface area contributed by atoms with E-state index in [2.05, 4.69) is 0 Å². The maximum Gasteiger partial charge on any atom is 0.321 e. The van der Waals surface area contributed by atoms with Crippen LogP contribution in [-0.2, 0) is 14.3 Å². The Labute approximate surface area is 100 Å². The van der Waals surface area contributed by atoms with Crippen molar-refractivity contribution in [2.45, 2.75) is 26.7 Å². The summed E-state index contributed by atoms with van der Waals surface area (Å²) in [6.45, 7) is 5.01. The predicted molar refractivity (Wildman–Crippen MR) is 62.9 cm³/mol. The van der Waals surface area contributed by atoms with Crippen molar-refractivity contribution in [3.05, 3.63) is 29.3 Å². The van der Waals surface area contributed by atoms with Crippen LogP contribution >= 0.6 is 0 Å². The molecule has 0 saturated carbocycles. The summed E-state index contributed by atoms with van der Waals surface area (Å²) >= 11 is 0. The molecule has 1 aromatic rings. The Kier molecular flexibility index (Phi) is 4.26. The highest BCUT2D eigenvalue weighted by Gasteiger charge is 2.29. The van der Waals surface area contributed by atoms with Gasteiger partial charge < -0.3 is 9.84 Å². The molecule has 1 atom stereocenters. The monoisotopic (exact) mass is 236 g/mol. The first-order valence-corrected chi connectivity index (χ1v) is 5.44. The number of aryl methyl sites for hydroxylation is 1. The van der Waals surface area contributed by atoms with E-state index in [0.717, 1.165) is 5.56 Å². The lowest BCUT2D eigenvalue weighted by Gasteiger charge is -2.14. The molecule has 4 heteroatoms. The number of hydrogen-bond acceptors (Lipinski definition) is 4. The molecular weight excluding hydrogens is 220 g/mol. The molecule has 17 heavy (non-hydrogen) atoms. The number of aromatic hydroxyl groups is 1. The van der Waals surface area contributed by atoms with Gasteiger partial charge in [0.2, 0.25) is 0 Å². The average Bonchev–Trinajstić information content (AvgIpc) is 2.23. The van der Waals surface area contributed by atoms with Crippen LogP contribution in [0.3, 0.4) is 0 Å². The molecular formula is C13H16O4. The topological polar surface area (TPSA) is 63.6 Å². The highest BCUT2D eigenvalue weighted by molar-refractivity contribution is 6.03. The van der Waals surface area contributed by atoms with Gasteiger partial charge in [-0.1, -0.05) is 17.7 Å². The summed E-state index contributed by atoms with van der Waals surface area (Å²) < 4.78 is 4.84. The molecule has 0 fully saturated rings. The zero-order valence-corrected chi connectivity index (χ0v) is 10.2. The quantitative estimate of drug-likeness (QED) is 0.641. The van der Waals surface area contributed by atoms with Gasteiger partial charge >= 0.3 is 5.97 Å². The molecule has 0 spiro atoms. The summed E-state index contributed by atoms with van der Waals surface area (Å²) in [7, 11) is 0. The second kappa shape index (κ2) is 5.48. The number of ether oxygens (including phenoxy) is 1. The van der Waals surface area contributed by atoms with Crippen molar-refractivity contribution in [2.75, 3.05) is 6.61 Å². The van der Waals surface area contributed by atoms with E-state index in [0.29, 0.717) is 5.56 Å². The van der Waals surface area contributed by atoms with E-state index in [1.165, 1.54) is 13.0 Å². The van der Waals surface area contributed by atoms with Crippen LogP contribution in [0.15, 0.2) is 18.2 Å². The normalized spacial score (nSPS) is 11.9. The minimum atomic E-state index is -1.05. The molecule has 0 saturated heterocycles. The average molecular weight is 236 g/mol. The maximum absolute atomic E-state index is 11.7. The van der Waals surface area contributed by atoms with E-state index in [1.807, 2.05) is 6.92 Å². The lowest BCUT2D eigenvalue weighted by molar-refractivity contribution is -0.147. The van der Waals surface area contributed by atoms with Gasteiger partial charge in [-0.15, -0.1) is 0 Å². The van der Waals surface area contributed by atoms with Crippen molar-refractivity contribution >= 4 is 11.8 Å². The van der Waals surface area contributed by atoms with E-state index >= 15 is 0 Å². The predicted octanol–water partition coefficient (Wildman–Crippen LogP) is 1.94. The van der Waals surface area contributed by atoms with Gasteiger partial charge in [0.15, 0.2) is 0 Å². The third kappa shape index (κ3) is 3.06. The summed E-state index contributed by atoms with van der Waals surface area (Å²) in [6, 6.07) is 4.80. The molecule has 0 amide bonds. The van der Waals surface area contributed by atoms with Crippen molar-refractivity contribution < 1.29 is 19.4 Å². The molecule has 0 radical (unpaired) electrons. The molecule has 92 valence electrons. The molecule has 0 aliphatic heterocycles. The number of hydrogen-bond donors (Lipinski definition) is 1. The van der Waals surface area contributed by atoms with Crippen LogP contribution in [0.5, 0.6) is 5.75 Å². The second-order valence-electron chi connectivity index (χ2n) is 3.86. The van der Waals surface area contributed by atoms with Crippen LogP contribution in [0, 0.1) is 6.92 Å². The van der Waals surface area contributed by atoms with Gasteiger partial charge in [-0.2, -0.15) is 0 Å². The fourth-order valence-corrected chi connectivity index (χ4v) is 1.64. The van der Waals surface area contributed by atoms with Crippen LogP contribution in [0.4, 0.5) is 0 Å². The number of carbonyl (C=O) groups is 2. The van der Waals surface area contributed by atoms with E-state index in [-0.39, 0.29) is 18.1 Å². The Balaban J connectivity index is 3.18. The summed E-state index contributed by atoms with van der Waals surface area (Å²) in [5.41, 5.74) is 1.17. The number of carbonyl (C=O) groups excluding carboxylic acids is 2. The minimum absolute atomic E-state index is 0.0659.